The maximum absolute atomic E-state index is 13.4. The lowest BCUT2D eigenvalue weighted by molar-refractivity contribution is -0.129. The Hall–Kier alpha value is -2.92. The highest BCUT2D eigenvalue weighted by Crippen LogP contribution is 2.53. The molecule has 2 amide bonds. The molecule has 2 aromatic rings. The smallest absolute Gasteiger partial charge is 0.240 e. The zero-order valence-corrected chi connectivity index (χ0v) is 15.8. The fourth-order valence-electron chi connectivity index (χ4n) is 4.87. The molecule has 5 rings (SSSR count). The fourth-order valence-corrected chi connectivity index (χ4v) is 4.99. The summed E-state index contributed by atoms with van der Waals surface area (Å²) < 4.78 is 0. The van der Waals surface area contributed by atoms with Gasteiger partial charge in [0.1, 0.15) is 0 Å². The Morgan fingerprint density at radius 2 is 1.64 bits per heavy atom. The first-order valence-electron chi connectivity index (χ1n) is 9.17. The van der Waals surface area contributed by atoms with Gasteiger partial charge in [-0.1, -0.05) is 35.9 Å². The minimum atomic E-state index is -0.693. The van der Waals surface area contributed by atoms with Gasteiger partial charge in [0.15, 0.2) is 5.78 Å². The molecule has 3 aliphatic rings. The number of carbonyl (C=O) groups excluding carboxylic acids is 3. The van der Waals surface area contributed by atoms with E-state index in [1.54, 1.807) is 24.3 Å². The van der Waals surface area contributed by atoms with Crippen molar-refractivity contribution in [2.24, 2.45) is 11.8 Å². The quantitative estimate of drug-likeness (QED) is 0.734. The van der Waals surface area contributed by atoms with Crippen LogP contribution in [0.1, 0.15) is 24.1 Å². The van der Waals surface area contributed by atoms with Gasteiger partial charge in [0.25, 0.3) is 0 Å². The highest BCUT2D eigenvalue weighted by molar-refractivity contribution is 6.31. The van der Waals surface area contributed by atoms with Crippen molar-refractivity contribution in [3.63, 3.8) is 0 Å². The molecule has 0 saturated carbocycles. The van der Waals surface area contributed by atoms with Crippen LogP contribution in [0.25, 0.3) is 6.08 Å². The van der Waals surface area contributed by atoms with E-state index in [1.807, 2.05) is 41.4 Å². The number of nitrogens with zero attached hydrogens (tertiary/aromatic N) is 2. The molecule has 5 nitrogen and oxygen atoms in total. The predicted octanol–water partition coefficient (Wildman–Crippen LogP) is 3.44. The number of fused-ring (bicyclic) bond motifs is 5. The summed E-state index contributed by atoms with van der Waals surface area (Å²) >= 11 is 5.95. The van der Waals surface area contributed by atoms with Crippen molar-refractivity contribution >= 4 is 41.0 Å². The minimum absolute atomic E-state index is 0.111. The van der Waals surface area contributed by atoms with E-state index in [2.05, 4.69) is 0 Å². The summed E-state index contributed by atoms with van der Waals surface area (Å²) in [5.41, 5.74) is 2.47. The SMILES string of the molecule is CC(=O)[C@@H]1[C@@H]2C(=O)N(c3ccc(Cl)cc3)C(=O)[C@@H]2[C@H]2c3ccccc3C=CN12. The summed E-state index contributed by atoms with van der Waals surface area (Å²) in [6.07, 6.45) is 3.79. The first kappa shape index (κ1) is 17.2. The Morgan fingerprint density at radius 3 is 2.36 bits per heavy atom. The van der Waals surface area contributed by atoms with Crippen molar-refractivity contribution in [2.75, 3.05) is 4.90 Å². The number of carbonyl (C=O) groups is 3. The second-order valence-corrected chi connectivity index (χ2v) is 7.87. The van der Waals surface area contributed by atoms with Gasteiger partial charge in [0, 0.05) is 11.2 Å². The fraction of sp³-hybridized carbons (Fsp3) is 0.227. The van der Waals surface area contributed by atoms with Gasteiger partial charge in [-0.2, -0.15) is 0 Å². The van der Waals surface area contributed by atoms with Gasteiger partial charge >= 0.3 is 0 Å². The molecule has 0 aliphatic carbocycles. The highest BCUT2D eigenvalue weighted by atomic mass is 35.5. The molecule has 0 N–H and O–H groups in total. The number of benzene rings is 2. The van der Waals surface area contributed by atoms with Crippen LogP contribution in [-0.2, 0) is 14.4 Å². The third kappa shape index (κ3) is 2.23. The summed E-state index contributed by atoms with van der Waals surface area (Å²) in [6.45, 7) is 1.49. The molecule has 2 aromatic carbocycles. The molecular weight excluding hydrogens is 376 g/mol. The Labute approximate surface area is 167 Å². The van der Waals surface area contributed by atoms with E-state index < -0.39 is 17.9 Å². The largest absolute Gasteiger partial charge is 0.359 e. The molecular formula is C22H17ClN2O3. The molecule has 3 aliphatic heterocycles. The van der Waals surface area contributed by atoms with E-state index in [9.17, 15) is 14.4 Å². The molecule has 2 fully saturated rings. The maximum Gasteiger partial charge on any atom is 0.240 e. The summed E-state index contributed by atoms with van der Waals surface area (Å²) in [4.78, 5) is 42.4. The number of anilines is 1. The van der Waals surface area contributed by atoms with Crippen molar-refractivity contribution in [1.29, 1.82) is 0 Å². The number of Topliss-reactive ketones (excluding diaryl/α,β-unsaturated/α-hetero) is 1. The number of halogens is 1. The minimum Gasteiger partial charge on any atom is -0.359 e. The third-order valence-electron chi connectivity index (χ3n) is 5.96. The lowest BCUT2D eigenvalue weighted by atomic mass is 9.84. The van der Waals surface area contributed by atoms with Crippen molar-refractivity contribution < 1.29 is 14.4 Å². The molecule has 6 heteroatoms. The second kappa shape index (κ2) is 6.04. The Morgan fingerprint density at radius 1 is 0.964 bits per heavy atom. The standard InChI is InChI=1S/C22H17ClN2O3/c1-12(26)19-17-18(20-16-5-3-2-4-13(16)10-11-24(19)20)22(28)25(21(17)27)15-8-6-14(23)7-9-15/h2-11,17-20H,1H3/t17-,18+,19-,20-/m1/s1. The van der Waals surface area contributed by atoms with E-state index >= 15 is 0 Å². The highest BCUT2D eigenvalue weighted by Gasteiger charge is 2.63. The van der Waals surface area contributed by atoms with E-state index in [4.69, 9.17) is 11.6 Å². The molecule has 0 bridgehead atoms. The van der Waals surface area contributed by atoms with Crippen LogP contribution in [0, 0.1) is 11.8 Å². The van der Waals surface area contributed by atoms with Gasteiger partial charge in [-0.05, 0) is 48.4 Å². The topological polar surface area (TPSA) is 57.7 Å². The van der Waals surface area contributed by atoms with Gasteiger partial charge in [-0.15, -0.1) is 0 Å². The van der Waals surface area contributed by atoms with E-state index in [0.29, 0.717) is 10.7 Å². The van der Waals surface area contributed by atoms with Gasteiger partial charge in [0.05, 0.1) is 29.6 Å². The number of amides is 2. The Balaban J connectivity index is 1.65. The van der Waals surface area contributed by atoms with Crippen molar-refractivity contribution in [1.82, 2.24) is 4.90 Å². The van der Waals surface area contributed by atoms with Crippen LogP contribution in [0.3, 0.4) is 0 Å². The average molecular weight is 393 g/mol. The van der Waals surface area contributed by atoms with E-state index in [0.717, 1.165) is 11.1 Å². The zero-order valence-electron chi connectivity index (χ0n) is 15.1. The third-order valence-corrected chi connectivity index (χ3v) is 6.21. The summed E-state index contributed by atoms with van der Waals surface area (Å²) in [6, 6.07) is 13.5. The lowest BCUT2D eigenvalue weighted by Gasteiger charge is -2.34. The predicted molar refractivity (Wildman–Crippen MR) is 105 cm³/mol. The molecule has 0 aromatic heterocycles. The van der Waals surface area contributed by atoms with Crippen LogP contribution in [0.4, 0.5) is 5.69 Å². The van der Waals surface area contributed by atoms with Gasteiger partial charge in [-0.3, -0.25) is 14.4 Å². The average Bonchev–Trinajstić information content (AvgIpc) is 3.16. The van der Waals surface area contributed by atoms with Crippen LogP contribution in [0.15, 0.2) is 54.7 Å². The molecule has 28 heavy (non-hydrogen) atoms. The molecule has 140 valence electrons. The van der Waals surface area contributed by atoms with E-state index in [1.165, 1.54) is 11.8 Å². The van der Waals surface area contributed by atoms with Crippen LogP contribution in [-0.4, -0.2) is 28.5 Å². The Kier molecular flexibility index (Phi) is 3.71. The van der Waals surface area contributed by atoms with Crippen LogP contribution in [0.5, 0.6) is 0 Å². The summed E-state index contributed by atoms with van der Waals surface area (Å²) in [5, 5.41) is 0.530. The first-order chi connectivity index (χ1) is 13.5. The number of imide groups is 1. The molecule has 4 atom stereocenters. The molecule has 2 saturated heterocycles. The maximum atomic E-state index is 13.4. The van der Waals surface area contributed by atoms with Crippen molar-refractivity contribution in [2.45, 2.75) is 19.0 Å². The lowest BCUT2D eigenvalue weighted by Crippen LogP contribution is -2.43. The van der Waals surface area contributed by atoms with Crippen LogP contribution >= 0.6 is 11.6 Å². The first-order valence-corrected chi connectivity index (χ1v) is 9.55. The number of hydrogen-bond acceptors (Lipinski definition) is 4. The number of rotatable bonds is 2. The van der Waals surface area contributed by atoms with Crippen molar-refractivity contribution in [3.05, 3.63) is 70.9 Å². The van der Waals surface area contributed by atoms with Gasteiger partial charge in [0.2, 0.25) is 11.8 Å². The molecule has 3 heterocycles. The molecule has 0 unspecified atom stereocenters. The van der Waals surface area contributed by atoms with Gasteiger partial charge < -0.3 is 4.90 Å². The summed E-state index contributed by atoms with van der Waals surface area (Å²) in [7, 11) is 0. The normalized spacial score (nSPS) is 27.6. The van der Waals surface area contributed by atoms with Crippen LogP contribution < -0.4 is 4.90 Å². The zero-order chi connectivity index (χ0) is 19.6. The monoisotopic (exact) mass is 392 g/mol. The van der Waals surface area contributed by atoms with Gasteiger partial charge in [-0.25, -0.2) is 4.90 Å². The molecule has 0 spiro atoms. The number of hydrogen-bond donors (Lipinski definition) is 0. The summed E-state index contributed by atoms with van der Waals surface area (Å²) in [5.74, 6) is -1.98. The van der Waals surface area contributed by atoms with Crippen molar-refractivity contribution in [3.8, 4) is 0 Å². The second-order valence-electron chi connectivity index (χ2n) is 7.43. The Bertz CT molecular complexity index is 1050. The van der Waals surface area contributed by atoms with Crippen LogP contribution in [0.2, 0.25) is 5.02 Å². The number of ketones is 1. The molecule has 0 radical (unpaired) electrons. The van der Waals surface area contributed by atoms with E-state index in [-0.39, 0.29) is 23.6 Å².